The monoisotopic (exact) mass is 319 g/mol. The number of carbonyl (C=O) groups excluding carboxylic acids is 1. The van der Waals surface area contributed by atoms with Gasteiger partial charge in [-0.05, 0) is 25.5 Å². The second-order valence-corrected chi connectivity index (χ2v) is 5.11. The van der Waals surface area contributed by atoms with Crippen molar-refractivity contribution in [1.29, 1.82) is 0 Å². The molecule has 7 heteroatoms. The Balaban J connectivity index is 3.41. The molecule has 2 atom stereocenters. The Bertz CT molecular complexity index is 533. The van der Waals surface area contributed by atoms with Gasteiger partial charge in [-0.25, -0.2) is 0 Å². The van der Waals surface area contributed by atoms with Gasteiger partial charge in [0.1, 0.15) is 5.75 Å². The number of aliphatic hydroxyl groups is 1. The van der Waals surface area contributed by atoms with Gasteiger partial charge in [0.15, 0.2) is 0 Å². The van der Waals surface area contributed by atoms with Gasteiger partial charge in [0.25, 0.3) is 11.5 Å². The quantitative estimate of drug-likeness (QED) is 0.908. The van der Waals surface area contributed by atoms with Crippen LogP contribution in [0.25, 0.3) is 0 Å². The molecule has 1 amide bonds. The van der Waals surface area contributed by atoms with Crippen LogP contribution in [-0.4, -0.2) is 42.3 Å². The maximum Gasteiger partial charge on any atom is 0.430 e. The highest BCUT2D eigenvalue weighted by Gasteiger charge is 2.62. The average Bonchev–Trinajstić information content (AvgIpc) is 2.50. The fraction of sp³-hybridized carbons (Fsp3) is 0.533. The predicted octanol–water partition coefficient (Wildman–Crippen LogP) is 2.70. The number of halogens is 3. The summed E-state index contributed by atoms with van der Waals surface area (Å²) >= 11 is 0. The molecule has 0 heterocycles. The Morgan fingerprint density at radius 3 is 2.45 bits per heavy atom. The van der Waals surface area contributed by atoms with Gasteiger partial charge in [0.2, 0.25) is 0 Å². The fourth-order valence-corrected chi connectivity index (χ4v) is 1.99. The van der Waals surface area contributed by atoms with E-state index in [1.807, 2.05) is 0 Å². The molecule has 1 aromatic rings. The second-order valence-electron chi connectivity index (χ2n) is 5.11. The third-order valence-corrected chi connectivity index (χ3v) is 3.78. The van der Waals surface area contributed by atoms with Crippen LogP contribution in [0.4, 0.5) is 13.2 Å². The molecule has 0 saturated carbocycles. The van der Waals surface area contributed by atoms with E-state index in [9.17, 15) is 23.1 Å². The van der Waals surface area contributed by atoms with E-state index in [2.05, 4.69) is 0 Å². The predicted molar refractivity (Wildman–Crippen MR) is 75.5 cm³/mol. The number of benzene rings is 1. The Hall–Kier alpha value is -1.76. The maximum absolute atomic E-state index is 13.5. The van der Waals surface area contributed by atoms with Crippen molar-refractivity contribution < 1.29 is 27.8 Å². The topological polar surface area (TPSA) is 49.8 Å². The first-order chi connectivity index (χ1) is 10.1. The summed E-state index contributed by atoms with van der Waals surface area (Å²) in [5.74, 6) is -1.29. The van der Waals surface area contributed by atoms with Gasteiger partial charge >= 0.3 is 6.18 Å². The molecule has 1 N–H and O–H groups in total. The Morgan fingerprint density at radius 2 is 2.00 bits per heavy atom. The molecule has 1 unspecified atom stereocenters. The van der Waals surface area contributed by atoms with Crippen molar-refractivity contribution in [2.75, 3.05) is 14.2 Å². The lowest BCUT2D eigenvalue weighted by atomic mass is 9.90. The lowest BCUT2D eigenvalue weighted by molar-refractivity contribution is -0.262. The van der Waals surface area contributed by atoms with Crippen molar-refractivity contribution in [3.8, 4) is 5.75 Å². The molecule has 0 fully saturated rings. The molecule has 0 radical (unpaired) electrons. The molecule has 0 spiro atoms. The van der Waals surface area contributed by atoms with Gasteiger partial charge in [0.05, 0.1) is 7.11 Å². The van der Waals surface area contributed by atoms with E-state index in [1.54, 1.807) is 13.8 Å². The maximum atomic E-state index is 13.5. The number of amides is 1. The zero-order chi connectivity index (χ0) is 17.1. The lowest BCUT2D eigenvalue weighted by Gasteiger charge is -2.35. The molecular formula is C15H20F3NO3. The van der Waals surface area contributed by atoms with E-state index in [1.165, 1.54) is 26.3 Å². The Labute approximate surface area is 127 Å². The third kappa shape index (κ3) is 3.19. The number of methoxy groups -OCH3 is 1. The molecular weight excluding hydrogens is 299 g/mol. The first kappa shape index (κ1) is 18.3. The first-order valence-electron chi connectivity index (χ1n) is 6.80. The van der Waals surface area contributed by atoms with E-state index >= 15 is 0 Å². The minimum atomic E-state index is -5.15. The Kier molecular flexibility index (Phi) is 5.45. The molecule has 0 aliphatic heterocycles. The van der Waals surface area contributed by atoms with Crippen LogP contribution in [0, 0.1) is 0 Å². The zero-order valence-corrected chi connectivity index (χ0v) is 12.9. The molecule has 0 saturated heterocycles. The minimum Gasteiger partial charge on any atom is -0.497 e. The van der Waals surface area contributed by atoms with Crippen molar-refractivity contribution in [1.82, 2.24) is 4.90 Å². The van der Waals surface area contributed by atoms with Crippen molar-refractivity contribution in [2.24, 2.45) is 0 Å². The number of alkyl halides is 3. The molecule has 0 aliphatic rings. The molecule has 124 valence electrons. The second kappa shape index (κ2) is 6.56. The average molecular weight is 319 g/mol. The summed E-state index contributed by atoms with van der Waals surface area (Å²) in [7, 11) is 2.53. The highest BCUT2D eigenvalue weighted by Crippen LogP contribution is 2.41. The number of carbonyl (C=O) groups is 1. The largest absolute Gasteiger partial charge is 0.497 e. The van der Waals surface area contributed by atoms with Gasteiger partial charge in [-0.1, -0.05) is 19.1 Å². The molecule has 0 aromatic heterocycles. The number of hydrogen-bond donors (Lipinski definition) is 1. The van der Waals surface area contributed by atoms with Gasteiger partial charge in [-0.3, -0.25) is 4.79 Å². The Morgan fingerprint density at radius 1 is 1.41 bits per heavy atom. The van der Waals surface area contributed by atoms with Crippen LogP contribution in [0.1, 0.15) is 25.8 Å². The zero-order valence-electron chi connectivity index (χ0n) is 12.9. The molecule has 0 aliphatic carbocycles. The van der Waals surface area contributed by atoms with Crippen LogP contribution in [0.15, 0.2) is 24.3 Å². The molecule has 1 aromatic carbocycles. The van der Waals surface area contributed by atoms with Crippen molar-refractivity contribution in [3.05, 3.63) is 29.8 Å². The van der Waals surface area contributed by atoms with E-state index in [-0.39, 0.29) is 5.75 Å². The third-order valence-electron chi connectivity index (χ3n) is 3.78. The molecule has 22 heavy (non-hydrogen) atoms. The summed E-state index contributed by atoms with van der Waals surface area (Å²) in [5.41, 5.74) is -4.18. The highest BCUT2D eigenvalue weighted by molar-refractivity contribution is 5.87. The van der Waals surface area contributed by atoms with E-state index in [0.29, 0.717) is 6.42 Å². The van der Waals surface area contributed by atoms with Crippen LogP contribution in [0.2, 0.25) is 0 Å². The van der Waals surface area contributed by atoms with Crippen LogP contribution in [0.5, 0.6) is 5.75 Å². The smallest absolute Gasteiger partial charge is 0.430 e. The van der Waals surface area contributed by atoms with E-state index in [0.717, 1.165) is 17.0 Å². The van der Waals surface area contributed by atoms with Gasteiger partial charge in [-0.2, -0.15) is 13.2 Å². The SMILES string of the molecule is CCC(C)N(C)C(=O)[C@](O)(c1cccc(OC)c1)C(F)(F)F. The summed E-state index contributed by atoms with van der Waals surface area (Å²) in [6.07, 6.45) is -4.69. The molecule has 0 bridgehead atoms. The van der Waals surface area contributed by atoms with Crippen molar-refractivity contribution in [2.45, 2.75) is 38.1 Å². The number of likely N-dealkylation sites (N-methyl/N-ethyl adjacent to an activating group) is 1. The summed E-state index contributed by atoms with van der Waals surface area (Å²) in [4.78, 5) is 13.2. The summed E-state index contributed by atoms with van der Waals surface area (Å²) in [5, 5.41) is 10.3. The van der Waals surface area contributed by atoms with Crippen LogP contribution in [-0.2, 0) is 10.4 Å². The van der Waals surface area contributed by atoms with E-state index < -0.39 is 29.3 Å². The van der Waals surface area contributed by atoms with Gasteiger partial charge < -0.3 is 14.7 Å². The summed E-state index contributed by atoms with van der Waals surface area (Å²) in [6.45, 7) is 3.35. The van der Waals surface area contributed by atoms with Crippen LogP contribution >= 0.6 is 0 Å². The van der Waals surface area contributed by atoms with Gasteiger partial charge in [-0.15, -0.1) is 0 Å². The van der Waals surface area contributed by atoms with Crippen molar-refractivity contribution >= 4 is 5.91 Å². The fourth-order valence-electron chi connectivity index (χ4n) is 1.99. The standard InChI is InChI=1S/C15H20F3NO3/c1-5-10(2)19(3)13(20)14(21,15(16,17)18)11-7-6-8-12(9-11)22-4/h6-10,21H,5H2,1-4H3/t10?,14-/m1/s1. The normalized spacial score (nSPS) is 15.8. The van der Waals surface area contributed by atoms with Crippen molar-refractivity contribution in [3.63, 3.8) is 0 Å². The number of hydrogen-bond acceptors (Lipinski definition) is 3. The highest BCUT2D eigenvalue weighted by atomic mass is 19.4. The molecule has 4 nitrogen and oxygen atoms in total. The molecule has 1 rings (SSSR count). The lowest BCUT2D eigenvalue weighted by Crippen LogP contribution is -2.56. The first-order valence-corrected chi connectivity index (χ1v) is 6.80. The van der Waals surface area contributed by atoms with Gasteiger partial charge in [0, 0.05) is 18.7 Å². The van der Waals surface area contributed by atoms with E-state index in [4.69, 9.17) is 4.74 Å². The number of ether oxygens (including phenoxy) is 1. The number of rotatable bonds is 5. The number of nitrogens with zero attached hydrogens (tertiary/aromatic N) is 1. The minimum absolute atomic E-state index is 0.124. The summed E-state index contributed by atoms with van der Waals surface area (Å²) in [6, 6.07) is 4.35. The van der Waals surface area contributed by atoms with Crippen LogP contribution in [0.3, 0.4) is 0 Å². The summed E-state index contributed by atoms with van der Waals surface area (Å²) < 4.78 is 45.3. The van der Waals surface area contributed by atoms with Crippen LogP contribution < -0.4 is 4.74 Å².